The SMILES string of the molecule is C=CCCCCCC(=O)Cc1ccccc1Cl. The molecule has 0 saturated carbocycles. The van der Waals surface area contributed by atoms with E-state index in [4.69, 9.17) is 11.6 Å². The second-order valence-electron chi connectivity index (χ2n) is 4.19. The average Bonchev–Trinajstić information content (AvgIpc) is 2.32. The largest absolute Gasteiger partial charge is 0.299 e. The van der Waals surface area contributed by atoms with Crippen LogP contribution in [0.2, 0.25) is 5.02 Å². The van der Waals surface area contributed by atoms with Crippen LogP contribution in [-0.2, 0) is 11.2 Å². The van der Waals surface area contributed by atoms with Crippen molar-refractivity contribution in [1.82, 2.24) is 0 Å². The first-order chi connectivity index (χ1) is 8.24. The van der Waals surface area contributed by atoms with Crippen LogP contribution in [0.25, 0.3) is 0 Å². The molecule has 0 aromatic heterocycles. The van der Waals surface area contributed by atoms with Gasteiger partial charge >= 0.3 is 0 Å². The van der Waals surface area contributed by atoms with Gasteiger partial charge in [0.25, 0.3) is 0 Å². The molecule has 0 fully saturated rings. The van der Waals surface area contributed by atoms with Gasteiger partial charge in [-0.15, -0.1) is 6.58 Å². The zero-order chi connectivity index (χ0) is 12.5. The van der Waals surface area contributed by atoms with Crippen LogP contribution in [0, 0.1) is 0 Å². The van der Waals surface area contributed by atoms with Crippen LogP contribution in [0.1, 0.15) is 37.7 Å². The molecule has 0 heterocycles. The minimum atomic E-state index is 0.275. The Morgan fingerprint density at radius 3 is 2.71 bits per heavy atom. The van der Waals surface area contributed by atoms with Gasteiger partial charge in [0.1, 0.15) is 5.78 Å². The van der Waals surface area contributed by atoms with Gasteiger partial charge in [-0.1, -0.05) is 42.3 Å². The molecular weight excluding hydrogens is 232 g/mol. The molecule has 1 rings (SSSR count). The number of ketones is 1. The summed E-state index contributed by atoms with van der Waals surface area (Å²) in [5, 5.41) is 0.688. The summed E-state index contributed by atoms with van der Waals surface area (Å²) in [7, 11) is 0. The predicted molar refractivity (Wildman–Crippen MR) is 73.4 cm³/mol. The highest BCUT2D eigenvalue weighted by atomic mass is 35.5. The summed E-state index contributed by atoms with van der Waals surface area (Å²) in [5.41, 5.74) is 0.935. The standard InChI is InChI=1S/C15H19ClO/c1-2-3-4-5-6-10-14(17)12-13-9-7-8-11-15(13)16/h2,7-9,11H,1,3-6,10,12H2. The molecule has 0 bridgehead atoms. The highest BCUT2D eigenvalue weighted by Gasteiger charge is 2.06. The van der Waals surface area contributed by atoms with Crippen molar-refractivity contribution >= 4 is 17.4 Å². The summed E-state index contributed by atoms with van der Waals surface area (Å²) in [5.74, 6) is 0.275. The number of unbranched alkanes of at least 4 members (excludes halogenated alkanes) is 3. The molecule has 0 aliphatic heterocycles. The van der Waals surface area contributed by atoms with Crippen molar-refractivity contribution in [3.63, 3.8) is 0 Å². The van der Waals surface area contributed by atoms with Gasteiger partial charge in [-0.2, -0.15) is 0 Å². The first-order valence-corrected chi connectivity index (χ1v) is 6.48. The van der Waals surface area contributed by atoms with E-state index in [2.05, 4.69) is 6.58 Å². The lowest BCUT2D eigenvalue weighted by molar-refractivity contribution is -0.118. The highest BCUT2D eigenvalue weighted by Crippen LogP contribution is 2.16. The van der Waals surface area contributed by atoms with E-state index >= 15 is 0 Å². The number of rotatable bonds is 8. The quantitative estimate of drug-likeness (QED) is 0.487. The van der Waals surface area contributed by atoms with Crippen molar-refractivity contribution < 1.29 is 4.79 Å². The summed E-state index contributed by atoms with van der Waals surface area (Å²) in [6.45, 7) is 3.68. The molecule has 1 aromatic rings. The number of hydrogen-bond acceptors (Lipinski definition) is 1. The summed E-state index contributed by atoms with van der Waals surface area (Å²) in [4.78, 5) is 11.7. The van der Waals surface area contributed by atoms with Gasteiger partial charge < -0.3 is 0 Å². The van der Waals surface area contributed by atoms with Crippen molar-refractivity contribution in [1.29, 1.82) is 0 Å². The molecule has 0 N–H and O–H groups in total. The Balaban J connectivity index is 2.25. The van der Waals surface area contributed by atoms with E-state index in [1.807, 2.05) is 30.3 Å². The normalized spacial score (nSPS) is 10.2. The molecule has 0 radical (unpaired) electrons. The van der Waals surface area contributed by atoms with Gasteiger partial charge in [0.2, 0.25) is 0 Å². The fourth-order valence-corrected chi connectivity index (χ4v) is 1.93. The molecule has 0 unspecified atom stereocenters. The molecular formula is C15H19ClO. The number of carbonyl (C=O) groups excluding carboxylic acids is 1. The number of Topliss-reactive ketones (excluding diaryl/α,β-unsaturated/α-hetero) is 1. The van der Waals surface area contributed by atoms with Gasteiger partial charge in [-0.25, -0.2) is 0 Å². The number of carbonyl (C=O) groups is 1. The molecule has 0 aliphatic rings. The Kier molecular flexibility index (Phi) is 6.64. The van der Waals surface area contributed by atoms with E-state index in [1.54, 1.807) is 0 Å². The first kappa shape index (κ1) is 14.0. The third-order valence-electron chi connectivity index (χ3n) is 2.71. The van der Waals surface area contributed by atoms with Crippen LogP contribution in [0.3, 0.4) is 0 Å². The molecule has 0 aliphatic carbocycles. The minimum Gasteiger partial charge on any atom is -0.299 e. The monoisotopic (exact) mass is 250 g/mol. The molecule has 17 heavy (non-hydrogen) atoms. The van der Waals surface area contributed by atoms with Crippen molar-refractivity contribution in [3.05, 3.63) is 47.5 Å². The van der Waals surface area contributed by atoms with E-state index in [0.29, 0.717) is 17.9 Å². The van der Waals surface area contributed by atoms with E-state index in [1.165, 1.54) is 0 Å². The summed E-state index contributed by atoms with van der Waals surface area (Å²) < 4.78 is 0. The number of hydrogen-bond donors (Lipinski definition) is 0. The lowest BCUT2D eigenvalue weighted by Crippen LogP contribution is -2.02. The van der Waals surface area contributed by atoms with Gasteiger partial charge in [-0.05, 0) is 30.9 Å². The number of halogens is 1. The van der Waals surface area contributed by atoms with Gasteiger partial charge in [0.05, 0.1) is 0 Å². The predicted octanol–water partition coefficient (Wildman–Crippen LogP) is 4.59. The summed E-state index contributed by atoms with van der Waals surface area (Å²) in [6, 6.07) is 7.54. The maximum Gasteiger partial charge on any atom is 0.137 e. The lowest BCUT2D eigenvalue weighted by Gasteiger charge is -2.03. The van der Waals surface area contributed by atoms with Crippen molar-refractivity contribution in [2.45, 2.75) is 38.5 Å². The maximum absolute atomic E-state index is 11.7. The fourth-order valence-electron chi connectivity index (χ4n) is 1.73. The van der Waals surface area contributed by atoms with Crippen LogP contribution in [0.4, 0.5) is 0 Å². The average molecular weight is 251 g/mol. The van der Waals surface area contributed by atoms with Gasteiger partial charge in [0.15, 0.2) is 0 Å². The Morgan fingerprint density at radius 2 is 2.00 bits per heavy atom. The molecule has 2 heteroatoms. The van der Waals surface area contributed by atoms with E-state index in [0.717, 1.165) is 31.2 Å². The van der Waals surface area contributed by atoms with Crippen LogP contribution >= 0.6 is 11.6 Å². The molecule has 0 amide bonds. The number of benzene rings is 1. The zero-order valence-electron chi connectivity index (χ0n) is 10.1. The second kappa shape index (κ2) is 8.08. The van der Waals surface area contributed by atoms with Gasteiger partial charge in [0, 0.05) is 17.9 Å². The number of allylic oxidation sites excluding steroid dienone is 1. The topological polar surface area (TPSA) is 17.1 Å². The Morgan fingerprint density at radius 1 is 1.24 bits per heavy atom. The van der Waals surface area contributed by atoms with Crippen molar-refractivity contribution in [3.8, 4) is 0 Å². The molecule has 0 atom stereocenters. The van der Waals surface area contributed by atoms with E-state index in [9.17, 15) is 4.79 Å². The van der Waals surface area contributed by atoms with Crippen molar-refractivity contribution in [2.24, 2.45) is 0 Å². The summed E-state index contributed by atoms with van der Waals surface area (Å²) in [6.07, 6.45) is 7.27. The molecule has 0 saturated heterocycles. The summed E-state index contributed by atoms with van der Waals surface area (Å²) >= 11 is 6.01. The maximum atomic E-state index is 11.7. The van der Waals surface area contributed by atoms with Crippen LogP contribution in [0.5, 0.6) is 0 Å². The Bertz CT molecular complexity index is 371. The Labute approximate surface area is 108 Å². The third-order valence-corrected chi connectivity index (χ3v) is 3.08. The third kappa shape index (κ3) is 5.69. The molecule has 1 aromatic carbocycles. The molecule has 92 valence electrons. The van der Waals surface area contributed by atoms with Crippen molar-refractivity contribution in [2.75, 3.05) is 0 Å². The molecule has 1 nitrogen and oxygen atoms in total. The molecule has 0 spiro atoms. The van der Waals surface area contributed by atoms with E-state index in [-0.39, 0.29) is 5.78 Å². The van der Waals surface area contributed by atoms with Gasteiger partial charge in [-0.3, -0.25) is 4.79 Å². The highest BCUT2D eigenvalue weighted by molar-refractivity contribution is 6.31. The zero-order valence-corrected chi connectivity index (χ0v) is 10.9. The lowest BCUT2D eigenvalue weighted by atomic mass is 10.0. The Hall–Kier alpha value is -1.08. The van der Waals surface area contributed by atoms with E-state index < -0.39 is 0 Å². The van der Waals surface area contributed by atoms with Crippen LogP contribution in [-0.4, -0.2) is 5.78 Å². The fraction of sp³-hybridized carbons (Fsp3) is 0.400. The smallest absolute Gasteiger partial charge is 0.137 e. The second-order valence-corrected chi connectivity index (χ2v) is 4.60. The minimum absolute atomic E-state index is 0.275. The first-order valence-electron chi connectivity index (χ1n) is 6.10. The van der Waals surface area contributed by atoms with Crippen LogP contribution in [0.15, 0.2) is 36.9 Å². The van der Waals surface area contributed by atoms with Crippen LogP contribution < -0.4 is 0 Å².